The Morgan fingerprint density at radius 1 is 1.11 bits per heavy atom. The highest BCUT2D eigenvalue weighted by Crippen LogP contribution is 2.15. The summed E-state index contributed by atoms with van der Waals surface area (Å²) >= 11 is 5.91. The molecular formula is C18H21ClN6O2. The zero-order valence-corrected chi connectivity index (χ0v) is 15.7. The van der Waals surface area contributed by atoms with Crippen LogP contribution in [0.15, 0.2) is 42.7 Å². The molecule has 1 aliphatic heterocycles. The van der Waals surface area contributed by atoms with E-state index in [1.165, 1.54) is 0 Å². The summed E-state index contributed by atoms with van der Waals surface area (Å²) in [7, 11) is 0. The molecule has 2 aromatic rings. The molecule has 0 aliphatic carbocycles. The average Bonchev–Trinajstić information content (AvgIpc) is 2.68. The molecule has 1 fully saturated rings. The van der Waals surface area contributed by atoms with Gasteiger partial charge in [-0.2, -0.15) is 0 Å². The third kappa shape index (κ3) is 5.07. The van der Waals surface area contributed by atoms with E-state index in [0.29, 0.717) is 42.8 Å². The fourth-order valence-electron chi connectivity index (χ4n) is 2.72. The monoisotopic (exact) mass is 388 g/mol. The lowest BCUT2D eigenvalue weighted by Gasteiger charge is -2.35. The van der Waals surface area contributed by atoms with Gasteiger partial charge in [0.15, 0.2) is 0 Å². The maximum Gasteiger partial charge on any atom is 0.318 e. The van der Waals surface area contributed by atoms with Crippen molar-refractivity contribution in [2.75, 3.05) is 36.4 Å². The van der Waals surface area contributed by atoms with Gasteiger partial charge in [-0.3, -0.25) is 4.79 Å². The summed E-state index contributed by atoms with van der Waals surface area (Å²) in [6, 6.07) is 7.69. The van der Waals surface area contributed by atoms with E-state index in [2.05, 4.69) is 20.6 Å². The third-order valence-electron chi connectivity index (χ3n) is 4.23. The van der Waals surface area contributed by atoms with E-state index in [0.717, 1.165) is 0 Å². The first-order valence-corrected chi connectivity index (χ1v) is 9.04. The minimum absolute atomic E-state index is 0.266. The maximum absolute atomic E-state index is 12.4. The number of nitrogens with zero attached hydrogens (tertiary/aromatic N) is 4. The number of anilines is 2. The highest BCUT2D eigenvalue weighted by atomic mass is 35.5. The molecule has 1 aromatic heterocycles. The molecule has 2 heterocycles. The number of aromatic nitrogens is 2. The van der Waals surface area contributed by atoms with Crippen LogP contribution in [0.3, 0.4) is 0 Å². The van der Waals surface area contributed by atoms with Crippen molar-refractivity contribution < 1.29 is 9.59 Å². The summed E-state index contributed by atoms with van der Waals surface area (Å²) in [5.41, 5.74) is 0.588. The Balaban J connectivity index is 1.48. The summed E-state index contributed by atoms with van der Waals surface area (Å²) in [5, 5.41) is 6.00. The number of carbonyl (C=O) groups is 2. The lowest BCUT2D eigenvalue weighted by atomic mass is 10.2. The quantitative estimate of drug-likeness (QED) is 0.835. The minimum atomic E-state index is -0.674. The molecular weight excluding hydrogens is 368 g/mol. The van der Waals surface area contributed by atoms with Gasteiger partial charge in [0.05, 0.1) is 0 Å². The van der Waals surface area contributed by atoms with Crippen LogP contribution in [0.4, 0.5) is 16.4 Å². The Morgan fingerprint density at radius 2 is 1.81 bits per heavy atom. The molecule has 3 amide bonds. The number of hydrogen-bond donors (Lipinski definition) is 2. The second-order valence-electron chi connectivity index (χ2n) is 6.19. The first-order chi connectivity index (χ1) is 13.0. The SMILES string of the molecule is C[C@H](NC(=O)N1CCN(c2ncccn2)CC1)C(=O)Nc1cccc(Cl)c1. The highest BCUT2D eigenvalue weighted by Gasteiger charge is 2.24. The average molecular weight is 389 g/mol. The number of urea groups is 1. The second-order valence-corrected chi connectivity index (χ2v) is 6.63. The van der Waals surface area contributed by atoms with Crippen molar-refractivity contribution in [3.05, 3.63) is 47.7 Å². The molecule has 27 heavy (non-hydrogen) atoms. The molecule has 1 atom stereocenters. The van der Waals surface area contributed by atoms with Crippen molar-refractivity contribution in [2.45, 2.75) is 13.0 Å². The summed E-state index contributed by atoms with van der Waals surface area (Å²) in [6.07, 6.45) is 3.39. The zero-order chi connectivity index (χ0) is 19.2. The largest absolute Gasteiger partial charge is 0.337 e. The molecule has 0 bridgehead atoms. The Bertz CT molecular complexity index is 795. The molecule has 0 unspecified atom stereocenters. The number of hydrogen-bond acceptors (Lipinski definition) is 5. The Labute approximate surface area is 162 Å². The molecule has 1 aromatic carbocycles. The molecule has 142 valence electrons. The van der Waals surface area contributed by atoms with E-state index in [9.17, 15) is 9.59 Å². The van der Waals surface area contributed by atoms with Crippen LogP contribution in [0, 0.1) is 0 Å². The van der Waals surface area contributed by atoms with Crippen LogP contribution in [0.5, 0.6) is 0 Å². The van der Waals surface area contributed by atoms with Crippen LogP contribution in [0.25, 0.3) is 0 Å². The van der Waals surface area contributed by atoms with Gasteiger partial charge in [-0.05, 0) is 31.2 Å². The van der Waals surface area contributed by atoms with Crippen molar-refractivity contribution in [1.82, 2.24) is 20.2 Å². The third-order valence-corrected chi connectivity index (χ3v) is 4.46. The maximum atomic E-state index is 12.4. The van der Waals surface area contributed by atoms with Crippen LogP contribution in [0.2, 0.25) is 5.02 Å². The minimum Gasteiger partial charge on any atom is -0.337 e. The van der Waals surface area contributed by atoms with Crippen molar-refractivity contribution in [2.24, 2.45) is 0 Å². The van der Waals surface area contributed by atoms with E-state index in [4.69, 9.17) is 11.6 Å². The first kappa shape index (κ1) is 18.9. The molecule has 0 spiro atoms. The van der Waals surface area contributed by atoms with Crippen molar-refractivity contribution >= 4 is 35.2 Å². The Kier molecular flexibility index (Phi) is 6.08. The number of rotatable bonds is 4. The lowest BCUT2D eigenvalue weighted by molar-refractivity contribution is -0.117. The van der Waals surface area contributed by atoms with E-state index in [1.807, 2.05) is 4.90 Å². The molecule has 0 radical (unpaired) electrons. The Morgan fingerprint density at radius 3 is 2.48 bits per heavy atom. The normalized spacial score (nSPS) is 15.2. The number of halogens is 1. The van der Waals surface area contributed by atoms with Crippen LogP contribution < -0.4 is 15.5 Å². The van der Waals surface area contributed by atoms with Crippen LogP contribution in [0.1, 0.15) is 6.92 Å². The molecule has 0 saturated carbocycles. The number of amides is 3. The predicted octanol–water partition coefficient (Wildman–Crippen LogP) is 1.99. The van der Waals surface area contributed by atoms with Crippen LogP contribution in [-0.2, 0) is 4.79 Å². The number of piperazine rings is 1. The second kappa shape index (κ2) is 8.68. The van der Waals surface area contributed by atoms with Crippen LogP contribution in [-0.4, -0.2) is 59.0 Å². The van der Waals surface area contributed by atoms with Gasteiger partial charge < -0.3 is 20.4 Å². The summed E-state index contributed by atoms with van der Waals surface area (Å²) < 4.78 is 0. The molecule has 1 aliphatic rings. The molecule has 9 heteroatoms. The van der Waals surface area contributed by atoms with Crippen molar-refractivity contribution in [1.29, 1.82) is 0 Å². The lowest BCUT2D eigenvalue weighted by Crippen LogP contribution is -2.55. The van der Waals surface area contributed by atoms with Gasteiger partial charge in [0.1, 0.15) is 6.04 Å². The first-order valence-electron chi connectivity index (χ1n) is 8.67. The topological polar surface area (TPSA) is 90.5 Å². The Hall–Kier alpha value is -2.87. The van der Waals surface area contributed by atoms with Crippen LogP contribution >= 0.6 is 11.6 Å². The van der Waals surface area contributed by atoms with E-state index >= 15 is 0 Å². The summed E-state index contributed by atoms with van der Waals surface area (Å²) in [4.78, 5) is 36.9. The van der Waals surface area contributed by atoms with Gasteiger partial charge in [-0.25, -0.2) is 14.8 Å². The molecule has 2 N–H and O–H groups in total. The van der Waals surface area contributed by atoms with Gasteiger partial charge in [-0.15, -0.1) is 0 Å². The van der Waals surface area contributed by atoms with Gasteiger partial charge in [0.25, 0.3) is 0 Å². The van der Waals surface area contributed by atoms with Crippen molar-refractivity contribution in [3.8, 4) is 0 Å². The predicted molar refractivity (Wildman–Crippen MR) is 104 cm³/mol. The number of benzene rings is 1. The summed E-state index contributed by atoms with van der Waals surface area (Å²) in [6.45, 7) is 3.99. The molecule has 1 saturated heterocycles. The van der Waals surface area contributed by atoms with E-state index in [-0.39, 0.29) is 11.9 Å². The smallest absolute Gasteiger partial charge is 0.318 e. The number of carbonyl (C=O) groups excluding carboxylic acids is 2. The van der Waals surface area contributed by atoms with Gasteiger partial charge in [0.2, 0.25) is 11.9 Å². The fraction of sp³-hybridized carbons (Fsp3) is 0.333. The zero-order valence-electron chi connectivity index (χ0n) is 14.9. The standard InChI is InChI=1S/C18H21ClN6O2/c1-13(16(26)23-15-5-2-4-14(19)12-15)22-18(27)25-10-8-24(9-11-25)17-20-6-3-7-21-17/h2-7,12-13H,8-11H2,1H3,(H,22,27)(H,23,26)/t13-/m0/s1. The number of nitrogens with one attached hydrogen (secondary N) is 2. The fourth-order valence-corrected chi connectivity index (χ4v) is 2.91. The highest BCUT2D eigenvalue weighted by molar-refractivity contribution is 6.30. The van der Waals surface area contributed by atoms with Gasteiger partial charge >= 0.3 is 6.03 Å². The van der Waals surface area contributed by atoms with Crippen molar-refractivity contribution in [3.63, 3.8) is 0 Å². The van der Waals surface area contributed by atoms with E-state index in [1.54, 1.807) is 54.5 Å². The van der Waals surface area contributed by atoms with Gasteiger partial charge in [0, 0.05) is 49.3 Å². The molecule has 8 nitrogen and oxygen atoms in total. The molecule has 3 rings (SSSR count). The van der Waals surface area contributed by atoms with Gasteiger partial charge in [-0.1, -0.05) is 17.7 Å². The van der Waals surface area contributed by atoms with E-state index < -0.39 is 6.04 Å². The summed E-state index contributed by atoms with van der Waals surface area (Å²) in [5.74, 6) is 0.355.